The molecule has 3 rings (SSSR count). The number of para-hydroxylation sites is 1. The van der Waals surface area contributed by atoms with Gasteiger partial charge in [-0.3, -0.25) is 0 Å². The molecule has 1 unspecified atom stereocenters. The van der Waals surface area contributed by atoms with Crippen LogP contribution in [-0.4, -0.2) is 17.6 Å². The molecule has 0 amide bonds. The van der Waals surface area contributed by atoms with Crippen molar-refractivity contribution in [2.75, 3.05) is 11.4 Å². The minimum Gasteiger partial charge on any atom is -0.353 e. The van der Waals surface area contributed by atoms with Crippen molar-refractivity contribution >= 4 is 16.7 Å². The first-order valence-corrected chi connectivity index (χ1v) is 7.69. The average Bonchev–Trinajstić information content (AvgIpc) is 2.53. The van der Waals surface area contributed by atoms with Gasteiger partial charge in [-0.05, 0) is 37.8 Å². The van der Waals surface area contributed by atoms with E-state index in [1.807, 2.05) is 0 Å². The third kappa shape index (κ3) is 2.38. The number of fused-ring (bicyclic) bond motifs is 1. The predicted octanol–water partition coefficient (Wildman–Crippen LogP) is 3.46. The van der Waals surface area contributed by atoms with E-state index in [2.05, 4.69) is 42.2 Å². The van der Waals surface area contributed by atoms with Crippen molar-refractivity contribution < 1.29 is 0 Å². The predicted molar refractivity (Wildman–Crippen MR) is 84.9 cm³/mol. The van der Waals surface area contributed by atoms with Crippen molar-refractivity contribution in [1.82, 2.24) is 4.98 Å². The van der Waals surface area contributed by atoms with E-state index in [9.17, 15) is 0 Å². The maximum atomic E-state index is 5.97. The standard InChI is InChI=1S/C17H23N3/c1-2-15-8-5-6-10-20(15)17-14(12-18)11-13-7-3-4-9-16(13)19-17/h3-4,7,9,11,15H,2,5-6,8,10,12,18H2,1H3. The second kappa shape index (κ2) is 5.80. The molecule has 3 nitrogen and oxygen atoms in total. The fourth-order valence-corrected chi connectivity index (χ4v) is 3.25. The lowest BCUT2D eigenvalue weighted by atomic mass is 9.99. The topological polar surface area (TPSA) is 42.2 Å². The molecule has 3 heteroatoms. The summed E-state index contributed by atoms with van der Waals surface area (Å²) in [6.07, 6.45) is 5.04. The Bertz CT molecular complexity index is 594. The monoisotopic (exact) mass is 269 g/mol. The van der Waals surface area contributed by atoms with Crippen LogP contribution in [-0.2, 0) is 6.54 Å². The van der Waals surface area contributed by atoms with E-state index in [4.69, 9.17) is 10.7 Å². The van der Waals surface area contributed by atoms with Crippen molar-refractivity contribution in [1.29, 1.82) is 0 Å². The Balaban J connectivity index is 2.08. The van der Waals surface area contributed by atoms with Gasteiger partial charge in [-0.25, -0.2) is 4.98 Å². The van der Waals surface area contributed by atoms with Gasteiger partial charge < -0.3 is 10.6 Å². The minimum atomic E-state index is 0.556. The molecule has 2 heterocycles. The zero-order valence-corrected chi connectivity index (χ0v) is 12.2. The lowest BCUT2D eigenvalue weighted by Gasteiger charge is -2.37. The number of nitrogens with two attached hydrogens (primary N) is 1. The Hall–Kier alpha value is -1.61. The van der Waals surface area contributed by atoms with E-state index in [0.717, 1.165) is 17.9 Å². The van der Waals surface area contributed by atoms with E-state index in [-0.39, 0.29) is 0 Å². The summed E-state index contributed by atoms with van der Waals surface area (Å²) < 4.78 is 0. The van der Waals surface area contributed by atoms with Gasteiger partial charge in [0, 0.05) is 30.1 Å². The van der Waals surface area contributed by atoms with E-state index in [0.29, 0.717) is 12.6 Å². The van der Waals surface area contributed by atoms with Gasteiger partial charge in [0.15, 0.2) is 0 Å². The Morgan fingerprint density at radius 3 is 2.95 bits per heavy atom. The number of pyridine rings is 1. The van der Waals surface area contributed by atoms with Crippen LogP contribution in [0.1, 0.15) is 38.2 Å². The number of rotatable bonds is 3. The van der Waals surface area contributed by atoms with Gasteiger partial charge in [-0.1, -0.05) is 25.1 Å². The van der Waals surface area contributed by atoms with E-state index < -0.39 is 0 Å². The number of nitrogens with zero attached hydrogens (tertiary/aromatic N) is 2. The third-order valence-electron chi connectivity index (χ3n) is 4.37. The second-order valence-corrected chi connectivity index (χ2v) is 5.62. The Kier molecular flexibility index (Phi) is 3.88. The Morgan fingerprint density at radius 2 is 2.15 bits per heavy atom. The van der Waals surface area contributed by atoms with E-state index in [1.54, 1.807) is 0 Å². The maximum absolute atomic E-state index is 5.97. The summed E-state index contributed by atoms with van der Waals surface area (Å²) in [5.74, 6) is 1.11. The highest BCUT2D eigenvalue weighted by molar-refractivity contribution is 5.81. The van der Waals surface area contributed by atoms with Gasteiger partial charge in [0.2, 0.25) is 0 Å². The molecular weight excluding hydrogens is 246 g/mol. The van der Waals surface area contributed by atoms with Crippen LogP contribution in [0.4, 0.5) is 5.82 Å². The number of piperidine rings is 1. The van der Waals surface area contributed by atoms with Gasteiger partial charge in [-0.2, -0.15) is 0 Å². The molecule has 1 atom stereocenters. The Labute approximate surface area is 120 Å². The van der Waals surface area contributed by atoms with Crippen LogP contribution in [0.5, 0.6) is 0 Å². The largest absolute Gasteiger partial charge is 0.353 e. The van der Waals surface area contributed by atoms with Crippen LogP contribution in [0, 0.1) is 0 Å². The summed E-state index contributed by atoms with van der Waals surface area (Å²) in [6.45, 7) is 3.93. The molecule has 1 aliphatic heterocycles. The molecule has 0 aliphatic carbocycles. The highest BCUT2D eigenvalue weighted by atomic mass is 15.2. The molecule has 1 aromatic carbocycles. The zero-order chi connectivity index (χ0) is 13.9. The first kappa shape index (κ1) is 13.4. The quantitative estimate of drug-likeness (QED) is 0.927. The molecule has 0 spiro atoms. The van der Waals surface area contributed by atoms with Crippen LogP contribution in [0.15, 0.2) is 30.3 Å². The molecule has 106 valence electrons. The summed E-state index contributed by atoms with van der Waals surface area (Å²) in [6, 6.07) is 11.1. The fraction of sp³-hybridized carbons (Fsp3) is 0.471. The van der Waals surface area contributed by atoms with Crippen molar-refractivity contribution in [2.24, 2.45) is 5.73 Å². The zero-order valence-electron chi connectivity index (χ0n) is 12.2. The molecule has 20 heavy (non-hydrogen) atoms. The SMILES string of the molecule is CCC1CCCCN1c1nc2ccccc2cc1CN. The average molecular weight is 269 g/mol. The highest BCUT2D eigenvalue weighted by Gasteiger charge is 2.24. The fourth-order valence-electron chi connectivity index (χ4n) is 3.25. The van der Waals surface area contributed by atoms with E-state index in [1.165, 1.54) is 36.6 Å². The van der Waals surface area contributed by atoms with Gasteiger partial charge in [0.25, 0.3) is 0 Å². The second-order valence-electron chi connectivity index (χ2n) is 5.62. The van der Waals surface area contributed by atoms with Crippen LogP contribution in [0.25, 0.3) is 10.9 Å². The third-order valence-corrected chi connectivity index (χ3v) is 4.37. The lowest BCUT2D eigenvalue weighted by molar-refractivity contribution is 0.446. The van der Waals surface area contributed by atoms with E-state index >= 15 is 0 Å². The van der Waals surface area contributed by atoms with Gasteiger partial charge >= 0.3 is 0 Å². The van der Waals surface area contributed by atoms with Crippen molar-refractivity contribution in [3.8, 4) is 0 Å². The molecule has 1 aliphatic rings. The van der Waals surface area contributed by atoms with Crippen LogP contribution >= 0.6 is 0 Å². The smallest absolute Gasteiger partial charge is 0.134 e. The van der Waals surface area contributed by atoms with Crippen LogP contribution in [0.3, 0.4) is 0 Å². The summed E-state index contributed by atoms with van der Waals surface area (Å²) in [4.78, 5) is 7.40. The minimum absolute atomic E-state index is 0.556. The van der Waals surface area contributed by atoms with Gasteiger partial charge in [0.05, 0.1) is 5.52 Å². The maximum Gasteiger partial charge on any atom is 0.134 e. The van der Waals surface area contributed by atoms with Crippen LogP contribution in [0.2, 0.25) is 0 Å². The van der Waals surface area contributed by atoms with Crippen molar-refractivity contribution in [3.05, 3.63) is 35.9 Å². The number of anilines is 1. The number of hydrogen-bond acceptors (Lipinski definition) is 3. The molecule has 2 aromatic rings. The molecule has 0 bridgehead atoms. The molecular formula is C17H23N3. The number of aromatic nitrogens is 1. The normalized spacial score (nSPS) is 19.5. The summed E-state index contributed by atoms with van der Waals surface area (Å²) in [5, 5.41) is 1.18. The van der Waals surface area contributed by atoms with Crippen molar-refractivity contribution in [2.45, 2.75) is 45.2 Å². The van der Waals surface area contributed by atoms with Gasteiger partial charge in [-0.15, -0.1) is 0 Å². The number of hydrogen-bond donors (Lipinski definition) is 1. The number of benzene rings is 1. The first-order valence-electron chi connectivity index (χ1n) is 7.69. The Morgan fingerprint density at radius 1 is 1.30 bits per heavy atom. The molecule has 1 saturated heterocycles. The molecule has 2 N–H and O–H groups in total. The first-order chi connectivity index (χ1) is 9.83. The molecule has 1 fully saturated rings. The molecule has 0 saturated carbocycles. The lowest BCUT2D eigenvalue weighted by Crippen LogP contribution is -2.40. The van der Waals surface area contributed by atoms with Crippen LogP contribution < -0.4 is 10.6 Å². The molecule has 1 aromatic heterocycles. The highest BCUT2D eigenvalue weighted by Crippen LogP contribution is 2.29. The molecule has 0 radical (unpaired) electrons. The summed E-state index contributed by atoms with van der Waals surface area (Å²) in [5.41, 5.74) is 8.21. The van der Waals surface area contributed by atoms with Gasteiger partial charge in [0.1, 0.15) is 5.82 Å². The summed E-state index contributed by atoms with van der Waals surface area (Å²) >= 11 is 0. The van der Waals surface area contributed by atoms with Crippen molar-refractivity contribution in [3.63, 3.8) is 0 Å². The summed E-state index contributed by atoms with van der Waals surface area (Å²) in [7, 11) is 0.